The second-order valence-electron chi connectivity index (χ2n) is 15.9. The van der Waals surface area contributed by atoms with E-state index in [-0.39, 0.29) is 43.9 Å². The summed E-state index contributed by atoms with van der Waals surface area (Å²) in [6.07, 6.45) is 2.27. The molecule has 4 rings (SSSR count). The van der Waals surface area contributed by atoms with Crippen LogP contribution in [0.5, 0.6) is 23.0 Å². The molecule has 0 radical (unpaired) electrons. The zero-order valence-electron chi connectivity index (χ0n) is 38.5. The fourth-order valence-corrected chi connectivity index (χ4v) is 7.41. The van der Waals surface area contributed by atoms with Gasteiger partial charge >= 0.3 is 0 Å². The van der Waals surface area contributed by atoms with Crippen molar-refractivity contribution in [1.82, 2.24) is 26.2 Å². The number of nitrogens with one attached hydrogen (secondary N) is 4. The molecule has 3 aromatic carbocycles. The van der Waals surface area contributed by atoms with Gasteiger partial charge in [-0.05, 0) is 92.9 Å². The quantitative estimate of drug-likeness (QED) is 0.0330. The molecule has 19 nitrogen and oxygen atoms in total. The lowest BCUT2D eigenvalue weighted by Gasteiger charge is -2.28. The number of ether oxygens (including phenoxy) is 3. The number of methoxy groups -OCH3 is 3. The van der Waals surface area contributed by atoms with Gasteiger partial charge in [0.25, 0.3) is 0 Å². The first kappa shape index (κ1) is 53.2. The number of hydrogen-bond donors (Lipinski definition) is 10. The maximum Gasteiger partial charge on any atom is 0.243 e. The zero-order chi connectivity index (χ0) is 47.9. The van der Waals surface area contributed by atoms with Crippen molar-refractivity contribution in [1.29, 1.82) is 0 Å². The number of aliphatic imine (C=N–C) groups is 1. The van der Waals surface area contributed by atoms with Crippen LogP contribution in [0.2, 0.25) is 0 Å². The fraction of sp³-hybridized carbons (Fsp3) is 0.500. The Balaban J connectivity index is 0.000000487. The molecule has 0 spiro atoms. The van der Waals surface area contributed by atoms with Gasteiger partial charge in [-0.25, -0.2) is 0 Å². The van der Waals surface area contributed by atoms with Crippen molar-refractivity contribution in [3.05, 3.63) is 82.4 Å². The summed E-state index contributed by atoms with van der Waals surface area (Å²) in [6, 6.07) is 12.0. The normalized spacial score (nSPS) is 14.3. The smallest absolute Gasteiger partial charge is 0.243 e. The molecule has 0 unspecified atom stereocenters. The minimum atomic E-state index is -1.13. The van der Waals surface area contributed by atoms with Gasteiger partial charge in [0, 0.05) is 57.7 Å². The summed E-state index contributed by atoms with van der Waals surface area (Å²) in [6.45, 7) is 9.29. The Hall–Kier alpha value is -6.15. The maximum atomic E-state index is 13.8. The highest BCUT2D eigenvalue weighted by Crippen LogP contribution is 2.40. The number of aromatic hydroxyl groups is 1. The van der Waals surface area contributed by atoms with E-state index in [2.05, 4.69) is 31.2 Å². The van der Waals surface area contributed by atoms with E-state index in [0.717, 1.165) is 55.2 Å². The number of guanidine groups is 1. The Morgan fingerprint density at radius 3 is 1.97 bits per heavy atom. The van der Waals surface area contributed by atoms with Crippen molar-refractivity contribution in [3.63, 3.8) is 0 Å². The first-order valence-corrected chi connectivity index (χ1v) is 21.9. The van der Waals surface area contributed by atoms with Crippen LogP contribution in [-0.2, 0) is 38.6 Å². The highest BCUT2D eigenvalue weighted by atomic mass is 16.5. The molecule has 65 heavy (non-hydrogen) atoms. The topological polar surface area (TPSA) is 310 Å². The van der Waals surface area contributed by atoms with Gasteiger partial charge in [0.15, 0.2) is 17.5 Å². The van der Waals surface area contributed by atoms with Crippen LogP contribution in [0.15, 0.2) is 59.6 Å². The van der Waals surface area contributed by atoms with E-state index in [1.165, 1.54) is 0 Å². The molecule has 358 valence electrons. The largest absolute Gasteiger partial charge is 0.508 e. The minimum absolute atomic E-state index is 0.0608. The molecule has 1 aliphatic heterocycles. The highest BCUT2D eigenvalue weighted by molar-refractivity contribution is 5.94. The van der Waals surface area contributed by atoms with Crippen LogP contribution in [0.1, 0.15) is 59.9 Å². The number of phenols is 1. The molecule has 4 amide bonds. The number of hydrogen-bond acceptors (Lipinski definition) is 13. The maximum absolute atomic E-state index is 13.8. The van der Waals surface area contributed by atoms with Crippen LogP contribution >= 0.6 is 0 Å². The molecule has 1 heterocycles. The Morgan fingerprint density at radius 2 is 1.38 bits per heavy atom. The standard InChI is InChI=1S/C32H49N9O5.C14H22N2O3/c1-19-15-22(42)16-20(2)23(19)18-27(41-29(44)24(34)11-8-14-38-32(36)37)31(46)39-25(12-6-7-13-33)30(45)40-26(28(35)43)17-21-9-4-3-5-10-21;1-17-12-5-4-11(13(18-2)14(12)19-3)10-16-8-6-15-7-9-16/h3-5,9-10,15-16,24-27,42H,6-8,11-14,17-18,33-34H2,1-2H3,(H2,35,43)(H,39,46)(H,40,45)(H,41,44)(H4,36,37,38);4-5,15H,6-10H2,1-3H3/t24-,25+,26+,27+;/m1./s1. The number of amides is 4. The summed E-state index contributed by atoms with van der Waals surface area (Å²) in [7, 11) is 4.93. The lowest BCUT2D eigenvalue weighted by atomic mass is 9.95. The van der Waals surface area contributed by atoms with Gasteiger partial charge < -0.3 is 69.3 Å². The van der Waals surface area contributed by atoms with E-state index in [1.807, 2.05) is 42.5 Å². The average Bonchev–Trinajstić information content (AvgIpc) is 3.28. The molecule has 19 heteroatoms. The molecule has 3 aromatic rings. The predicted molar refractivity (Wildman–Crippen MR) is 251 cm³/mol. The molecule has 1 saturated heterocycles. The molecule has 15 N–H and O–H groups in total. The number of aryl methyl sites for hydroxylation is 2. The summed E-state index contributed by atoms with van der Waals surface area (Å²) in [5.41, 5.74) is 32.2. The number of nitrogens with two attached hydrogens (primary N) is 5. The SMILES string of the molecule is COc1ccc(CN2CCNCC2)c(OC)c1OC.Cc1cc(O)cc(C)c1C[C@H](NC(=O)[C@H](N)CCCN=C(N)N)C(=O)N[C@@H](CCCCN)C(=O)N[C@@H](Cc1ccccc1)C(N)=O. The first-order chi connectivity index (χ1) is 31.1. The Morgan fingerprint density at radius 1 is 0.769 bits per heavy atom. The third-order valence-electron chi connectivity index (χ3n) is 10.9. The minimum Gasteiger partial charge on any atom is -0.508 e. The highest BCUT2D eigenvalue weighted by Gasteiger charge is 2.31. The Bertz CT molecular complexity index is 1990. The zero-order valence-corrected chi connectivity index (χ0v) is 38.5. The number of piperazine rings is 1. The molecular formula is C46H71N11O8. The van der Waals surface area contributed by atoms with Gasteiger partial charge in [-0.15, -0.1) is 0 Å². The van der Waals surface area contributed by atoms with E-state index < -0.39 is 47.8 Å². The van der Waals surface area contributed by atoms with Gasteiger partial charge in [0.05, 0.1) is 27.4 Å². The van der Waals surface area contributed by atoms with Gasteiger partial charge in [0.1, 0.15) is 23.9 Å². The molecule has 0 bridgehead atoms. The van der Waals surface area contributed by atoms with Crippen LogP contribution < -0.4 is 64.1 Å². The van der Waals surface area contributed by atoms with Gasteiger partial charge in [0.2, 0.25) is 29.4 Å². The second-order valence-corrected chi connectivity index (χ2v) is 15.9. The second kappa shape index (κ2) is 27.9. The number of primary amides is 1. The van der Waals surface area contributed by atoms with Gasteiger partial charge in [-0.2, -0.15) is 0 Å². The van der Waals surface area contributed by atoms with Crippen molar-refractivity contribution in [2.24, 2.45) is 33.7 Å². The van der Waals surface area contributed by atoms with Crippen LogP contribution in [0.4, 0.5) is 0 Å². The van der Waals surface area contributed by atoms with Crippen molar-refractivity contribution < 1.29 is 38.5 Å². The fourth-order valence-electron chi connectivity index (χ4n) is 7.41. The summed E-state index contributed by atoms with van der Waals surface area (Å²) in [4.78, 5) is 59.0. The van der Waals surface area contributed by atoms with Crippen molar-refractivity contribution in [3.8, 4) is 23.0 Å². The Kier molecular flexibility index (Phi) is 22.8. The van der Waals surface area contributed by atoms with Crippen LogP contribution in [0.25, 0.3) is 0 Å². The molecule has 4 atom stereocenters. The number of rotatable bonds is 24. The van der Waals surface area contributed by atoms with E-state index in [1.54, 1.807) is 47.3 Å². The number of carbonyl (C=O) groups excluding carboxylic acids is 4. The number of benzene rings is 3. The van der Waals surface area contributed by atoms with E-state index in [9.17, 15) is 24.3 Å². The van der Waals surface area contributed by atoms with Crippen molar-refractivity contribution in [2.45, 2.75) is 89.5 Å². The predicted octanol–water partition coefficient (Wildman–Crippen LogP) is 0.361. The molecule has 0 aliphatic carbocycles. The first-order valence-electron chi connectivity index (χ1n) is 21.9. The summed E-state index contributed by atoms with van der Waals surface area (Å²) >= 11 is 0. The number of carbonyl (C=O) groups is 4. The molecule has 1 aliphatic rings. The van der Waals surface area contributed by atoms with Gasteiger partial charge in [-0.1, -0.05) is 36.4 Å². The van der Waals surface area contributed by atoms with Crippen LogP contribution in [-0.4, -0.2) is 124 Å². The lowest BCUT2D eigenvalue weighted by Crippen LogP contribution is -2.58. The summed E-state index contributed by atoms with van der Waals surface area (Å²) < 4.78 is 16.2. The monoisotopic (exact) mass is 906 g/mol. The van der Waals surface area contributed by atoms with Crippen molar-refractivity contribution >= 4 is 29.6 Å². The molecule has 0 saturated carbocycles. The average molecular weight is 906 g/mol. The summed E-state index contributed by atoms with van der Waals surface area (Å²) in [5.74, 6) is -0.379. The lowest BCUT2D eigenvalue weighted by molar-refractivity contribution is -0.133. The molecular weight excluding hydrogens is 835 g/mol. The van der Waals surface area contributed by atoms with E-state index in [0.29, 0.717) is 48.4 Å². The number of unbranched alkanes of at least 4 members (excludes halogenated alkanes) is 1. The third kappa shape index (κ3) is 17.7. The van der Waals surface area contributed by atoms with Crippen LogP contribution in [0, 0.1) is 13.8 Å². The molecule has 0 aromatic heterocycles. The van der Waals surface area contributed by atoms with Crippen molar-refractivity contribution in [2.75, 3.05) is 60.6 Å². The van der Waals surface area contributed by atoms with E-state index in [4.69, 9.17) is 42.9 Å². The molecule has 1 fully saturated rings. The summed E-state index contributed by atoms with van der Waals surface area (Å²) in [5, 5.41) is 21.6. The third-order valence-corrected chi connectivity index (χ3v) is 10.9. The number of nitrogens with zero attached hydrogens (tertiary/aromatic N) is 2. The van der Waals surface area contributed by atoms with Gasteiger partial charge in [-0.3, -0.25) is 29.1 Å². The van der Waals surface area contributed by atoms with E-state index >= 15 is 0 Å². The number of phenolic OH excluding ortho intramolecular Hbond substituents is 1. The Labute approximate surface area is 382 Å². The van der Waals surface area contributed by atoms with Crippen LogP contribution in [0.3, 0.4) is 0 Å².